The molecule has 1 heterocycles. The molecule has 0 saturated heterocycles. The number of fused-ring (bicyclic) bond motifs is 1. The van der Waals surface area contributed by atoms with Crippen LogP contribution in [0.3, 0.4) is 0 Å². The van der Waals surface area contributed by atoms with Gasteiger partial charge in [-0.1, -0.05) is 12.1 Å². The summed E-state index contributed by atoms with van der Waals surface area (Å²) in [6, 6.07) is 6.83. The second kappa shape index (κ2) is 11.8. The minimum atomic E-state index is -1.45. The highest BCUT2D eigenvalue weighted by molar-refractivity contribution is 6.22. The molecule has 0 aliphatic carbocycles. The van der Waals surface area contributed by atoms with Crippen molar-refractivity contribution in [2.24, 2.45) is 4.99 Å². The molecule has 2 rings (SSSR count). The van der Waals surface area contributed by atoms with E-state index in [9.17, 15) is 19.5 Å². The summed E-state index contributed by atoms with van der Waals surface area (Å²) in [7, 11) is 8.02. The van der Waals surface area contributed by atoms with E-state index in [2.05, 4.69) is 43.3 Å². The van der Waals surface area contributed by atoms with Gasteiger partial charge in [-0.2, -0.15) is 0 Å². The fraction of sp³-hybridized carbons (Fsp3) is 0.500. The molecule has 10 heteroatoms. The van der Waals surface area contributed by atoms with Crippen LogP contribution in [-0.2, 0) is 4.79 Å². The summed E-state index contributed by atoms with van der Waals surface area (Å²) in [5.74, 6) is -0.811. The van der Waals surface area contributed by atoms with E-state index in [0.717, 1.165) is 11.9 Å². The Morgan fingerprint density at radius 2 is 1.59 bits per heavy atom. The van der Waals surface area contributed by atoms with Crippen LogP contribution in [0.25, 0.3) is 0 Å². The van der Waals surface area contributed by atoms with Crippen molar-refractivity contribution in [2.45, 2.75) is 39.8 Å². The maximum Gasteiger partial charge on any atom is 0.354 e. The average Bonchev–Trinajstić information content (AvgIpc) is 2.90. The number of benzene rings is 1. The van der Waals surface area contributed by atoms with Crippen LogP contribution in [0.1, 0.15) is 48.4 Å². The molecule has 32 heavy (non-hydrogen) atoms. The molecule has 0 unspecified atom stereocenters. The Labute approximate surface area is 189 Å². The zero-order valence-corrected chi connectivity index (χ0v) is 20.1. The first kappa shape index (κ1) is 26.6. The maximum absolute atomic E-state index is 11.6. The zero-order chi connectivity index (χ0) is 24.6. The largest absolute Gasteiger partial charge is 0.548 e. The number of carboxylic acid groups (broad SMARTS) is 1. The van der Waals surface area contributed by atoms with Crippen LogP contribution in [0, 0.1) is 0 Å². The molecule has 1 aliphatic heterocycles. The summed E-state index contributed by atoms with van der Waals surface area (Å²) in [6.45, 7) is 7.63. The minimum absolute atomic E-state index is 0.240. The molecule has 1 aliphatic rings. The van der Waals surface area contributed by atoms with Gasteiger partial charge in [0.2, 0.25) is 0 Å². The quantitative estimate of drug-likeness (QED) is 0.278. The molecule has 0 saturated carbocycles. The highest BCUT2D eigenvalue weighted by Gasteiger charge is 2.34. The molecule has 0 radical (unpaired) electrons. The third kappa shape index (κ3) is 7.68. The molecule has 0 aromatic heterocycles. The van der Waals surface area contributed by atoms with E-state index in [1.807, 2.05) is 37.7 Å². The summed E-state index contributed by atoms with van der Waals surface area (Å²) >= 11 is 0. The second-order valence-corrected chi connectivity index (χ2v) is 8.22. The van der Waals surface area contributed by atoms with E-state index in [0.29, 0.717) is 10.9 Å². The van der Waals surface area contributed by atoms with Gasteiger partial charge in [-0.15, -0.1) is 0 Å². The van der Waals surface area contributed by atoms with E-state index in [1.165, 1.54) is 12.1 Å². The van der Waals surface area contributed by atoms with E-state index in [1.54, 1.807) is 12.1 Å². The van der Waals surface area contributed by atoms with Crippen LogP contribution in [-0.4, -0.2) is 90.9 Å². The molecule has 0 atom stereocenters. The molecular weight excluding hydrogens is 412 g/mol. The Morgan fingerprint density at radius 3 is 1.94 bits per heavy atom. The van der Waals surface area contributed by atoms with Crippen molar-refractivity contribution in [1.82, 2.24) is 20.4 Å². The molecule has 1 aromatic rings. The third-order valence-corrected chi connectivity index (χ3v) is 4.06. The highest BCUT2D eigenvalue weighted by Crippen LogP contribution is 2.21. The summed E-state index contributed by atoms with van der Waals surface area (Å²) in [6.07, 6.45) is 0. The number of aliphatic imine (C=N–C) groups is 1. The first-order valence-corrected chi connectivity index (χ1v) is 10.3. The molecule has 2 amide bonds. The van der Waals surface area contributed by atoms with Gasteiger partial charge in [0.25, 0.3) is 17.8 Å². The van der Waals surface area contributed by atoms with Crippen molar-refractivity contribution in [3.05, 3.63) is 35.4 Å². The van der Waals surface area contributed by atoms with E-state index < -0.39 is 24.3 Å². The lowest BCUT2D eigenvalue weighted by atomic mass is 10.1. The summed E-state index contributed by atoms with van der Waals surface area (Å²) in [4.78, 5) is 40.7. The number of guanidine groups is 2. The van der Waals surface area contributed by atoms with Gasteiger partial charge < -0.3 is 15.2 Å². The predicted molar refractivity (Wildman–Crippen MR) is 122 cm³/mol. The number of hydrogen-bond acceptors (Lipinski definition) is 5. The van der Waals surface area contributed by atoms with Crippen LogP contribution in [0.5, 0.6) is 0 Å². The van der Waals surface area contributed by atoms with Crippen LogP contribution in [0.4, 0.5) is 0 Å². The number of carboxylic acids is 1. The lowest BCUT2D eigenvalue weighted by molar-refractivity contribution is -0.471. The Hall–Kier alpha value is -3.43. The van der Waals surface area contributed by atoms with E-state index >= 15 is 0 Å². The molecule has 176 valence electrons. The number of aliphatic carboxylic acids is 1. The number of amides is 2. The zero-order valence-electron chi connectivity index (χ0n) is 20.1. The molecule has 10 nitrogen and oxygen atoms in total. The van der Waals surface area contributed by atoms with E-state index in [-0.39, 0.29) is 17.2 Å². The number of imide groups is 1. The fourth-order valence-corrected chi connectivity index (χ4v) is 2.88. The van der Waals surface area contributed by atoms with Crippen molar-refractivity contribution in [2.75, 3.05) is 34.7 Å². The number of nitrogens with one attached hydrogen (secondary N) is 2. The molecule has 0 bridgehead atoms. The monoisotopic (exact) mass is 446 g/mol. The summed E-state index contributed by atoms with van der Waals surface area (Å²) in [5, 5.41) is 17.0. The van der Waals surface area contributed by atoms with Crippen LogP contribution in [0.15, 0.2) is 29.3 Å². The Bertz CT molecular complexity index is 866. The Balaban J connectivity index is 0.000000321. The first-order valence-electron chi connectivity index (χ1n) is 10.3. The van der Waals surface area contributed by atoms with E-state index in [4.69, 9.17) is 0 Å². The predicted octanol–water partition coefficient (Wildman–Crippen LogP) is -0.439. The SMILES string of the molecule is CC(C)N=C(NC(N(C)C)=[N+](C)C)NC(C)C.O=C([O-])CN1C(=O)c2ccccc2C1=O. The lowest BCUT2D eigenvalue weighted by Gasteiger charge is -2.17. The summed E-state index contributed by atoms with van der Waals surface area (Å²) < 4.78 is 2.03. The molecule has 2 N–H and O–H groups in total. The van der Waals surface area contributed by atoms with Gasteiger partial charge in [-0.05, 0) is 39.8 Å². The van der Waals surface area contributed by atoms with Crippen LogP contribution < -0.4 is 15.7 Å². The van der Waals surface area contributed by atoms with Crippen LogP contribution in [0.2, 0.25) is 0 Å². The normalized spacial score (nSPS) is 12.9. The summed E-state index contributed by atoms with van der Waals surface area (Å²) in [5.41, 5.74) is 0.479. The molecule has 0 spiro atoms. The third-order valence-electron chi connectivity index (χ3n) is 4.06. The number of rotatable bonds is 4. The van der Waals surface area contributed by atoms with Gasteiger partial charge in [-0.3, -0.25) is 24.0 Å². The standard InChI is InChI=1S/C12H27N5.C10H7NO4/c1-9(2)13-11(14-10(3)4)15-12(16(5)6)17(7)8;12-8(13)5-11-9(14)6-3-1-2-4-7(6)10(11)15/h9-10H,1-8H3,(H,13,14);1-4H,5H2,(H,12,13). The number of hydrogen-bond donors (Lipinski definition) is 2. The van der Waals surface area contributed by atoms with Gasteiger partial charge in [-0.25, -0.2) is 10.3 Å². The lowest BCUT2D eigenvalue weighted by Crippen LogP contribution is -2.51. The van der Waals surface area contributed by atoms with Gasteiger partial charge in [0.1, 0.15) is 0 Å². The van der Waals surface area contributed by atoms with Crippen LogP contribution >= 0.6 is 0 Å². The number of carbonyl (C=O) groups is 3. The van der Waals surface area contributed by atoms with Crippen molar-refractivity contribution in [3.8, 4) is 0 Å². The Kier molecular flexibility index (Phi) is 9.83. The van der Waals surface area contributed by atoms with Gasteiger partial charge >= 0.3 is 5.96 Å². The number of carbonyl (C=O) groups excluding carboxylic acids is 3. The van der Waals surface area contributed by atoms with Crippen molar-refractivity contribution < 1.29 is 24.1 Å². The fourth-order valence-electron chi connectivity index (χ4n) is 2.88. The second-order valence-electron chi connectivity index (χ2n) is 8.22. The van der Waals surface area contributed by atoms with Gasteiger partial charge in [0, 0.05) is 12.1 Å². The molecular formula is C22H34N6O4. The Morgan fingerprint density at radius 1 is 1.09 bits per heavy atom. The topological polar surface area (TPSA) is 120 Å². The first-order chi connectivity index (χ1) is 14.8. The van der Waals surface area contributed by atoms with Crippen molar-refractivity contribution in [1.29, 1.82) is 0 Å². The molecule has 0 fully saturated rings. The minimum Gasteiger partial charge on any atom is -0.548 e. The maximum atomic E-state index is 11.6. The highest BCUT2D eigenvalue weighted by atomic mass is 16.4. The number of nitrogens with zero attached hydrogens (tertiary/aromatic N) is 4. The van der Waals surface area contributed by atoms with Gasteiger partial charge in [0.05, 0.1) is 51.8 Å². The smallest absolute Gasteiger partial charge is 0.354 e. The molecule has 1 aromatic carbocycles. The average molecular weight is 447 g/mol. The van der Waals surface area contributed by atoms with Crippen molar-refractivity contribution in [3.63, 3.8) is 0 Å². The van der Waals surface area contributed by atoms with Gasteiger partial charge in [0.15, 0.2) is 0 Å². The van der Waals surface area contributed by atoms with Crippen molar-refractivity contribution >= 4 is 29.7 Å².